The zero-order valence-corrected chi connectivity index (χ0v) is 22.1. The summed E-state index contributed by atoms with van der Waals surface area (Å²) >= 11 is 6.62. The fourth-order valence-corrected chi connectivity index (χ4v) is 5.25. The Morgan fingerprint density at radius 2 is 1.83 bits per heavy atom. The van der Waals surface area contributed by atoms with Crippen molar-refractivity contribution in [1.82, 2.24) is 5.32 Å². The maximum Gasteiger partial charge on any atom is 0.337 e. The van der Waals surface area contributed by atoms with Gasteiger partial charge in [-0.05, 0) is 61.9 Å². The number of nitrogens with one attached hydrogen (secondary N) is 1. The van der Waals surface area contributed by atoms with Gasteiger partial charge >= 0.3 is 5.97 Å². The van der Waals surface area contributed by atoms with E-state index in [1.807, 2.05) is 57.2 Å². The molecule has 0 radical (unpaired) electrons. The van der Waals surface area contributed by atoms with Crippen molar-refractivity contribution in [2.75, 3.05) is 14.2 Å². The average Bonchev–Trinajstić information content (AvgIpc) is 2.87. The van der Waals surface area contributed by atoms with E-state index >= 15 is 0 Å². The van der Waals surface area contributed by atoms with Crippen LogP contribution in [0.3, 0.4) is 0 Å². The molecule has 2 aromatic carbocycles. The van der Waals surface area contributed by atoms with E-state index in [0.29, 0.717) is 52.6 Å². The van der Waals surface area contributed by atoms with Crippen LogP contribution in [0, 0.1) is 0 Å². The SMILES string of the molecule is CC[C@H](C)OC(=O)C1=C(C)NC2=C(C(=O)C[C@@H](c3ccc(OC)c(OC)c3)C2)[C@@H]1c1ccccc1Cl. The number of methoxy groups -OCH3 is 2. The summed E-state index contributed by atoms with van der Waals surface area (Å²) in [5.74, 6) is 0.178. The number of esters is 1. The third-order valence-corrected chi connectivity index (χ3v) is 7.37. The Morgan fingerprint density at radius 1 is 1.11 bits per heavy atom. The van der Waals surface area contributed by atoms with Crippen LogP contribution in [0.4, 0.5) is 0 Å². The van der Waals surface area contributed by atoms with Gasteiger partial charge in [0.05, 0.1) is 25.9 Å². The zero-order chi connectivity index (χ0) is 26.0. The van der Waals surface area contributed by atoms with E-state index in [9.17, 15) is 9.59 Å². The van der Waals surface area contributed by atoms with Crippen molar-refractivity contribution in [3.05, 3.63) is 81.2 Å². The van der Waals surface area contributed by atoms with Crippen LogP contribution < -0.4 is 14.8 Å². The molecule has 2 aliphatic rings. The van der Waals surface area contributed by atoms with Crippen LogP contribution in [0.1, 0.15) is 63.0 Å². The molecule has 1 aliphatic carbocycles. The van der Waals surface area contributed by atoms with Crippen molar-refractivity contribution in [3.8, 4) is 11.5 Å². The maximum absolute atomic E-state index is 13.8. The highest BCUT2D eigenvalue weighted by atomic mass is 35.5. The largest absolute Gasteiger partial charge is 0.493 e. The van der Waals surface area contributed by atoms with Gasteiger partial charge in [0, 0.05) is 34.3 Å². The molecule has 7 heteroatoms. The van der Waals surface area contributed by atoms with E-state index in [-0.39, 0.29) is 17.8 Å². The van der Waals surface area contributed by atoms with E-state index in [1.54, 1.807) is 20.3 Å². The molecule has 0 amide bonds. The van der Waals surface area contributed by atoms with Crippen LogP contribution in [0.2, 0.25) is 5.02 Å². The normalized spacial score (nSPS) is 20.4. The molecular weight excluding hydrogens is 478 g/mol. The number of allylic oxidation sites excluding steroid dienone is 3. The Hall–Kier alpha value is -3.25. The summed E-state index contributed by atoms with van der Waals surface area (Å²) in [5.41, 5.74) is 4.22. The first-order valence-electron chi connectivity index (χ1n) is 12.2. The number of hydrogen-bond donors (Lipinski definition) is 1. The Kier molecular flexibility index (Phi) is 7.74. The van der Waals surface area contributed by atoms with Gasteiger partial charge in [0.15, 0.2) is 17.3 Å². The molecule has 36 heavy (non-hydrogen) atoms. The van der Waals surface area contributed by atoms with Crippen molar-refractivity contribution in [2.24, 2.45) is 0 Å². The molecule has 0 saturated carbocycles. The number of Topliss-reactive ketones (excluding diaryl/α,β-unsaturated/α-hetero) is 1. The molecule has 190 valence electrons. The third kappa shape index (κ3) is 4.87. The van der Waals surface area contributed by atoms with Gasteiger partial charge in [0.2, 0.25) is 0 Å². The fourth-order valence-electron chi connectivity index (χ4n) is 5.00. The molecular formula is C29H32ClNO5. The Bertz CT molecular complexity index is 1250. The molecule has 1 aliphatic heterocycles. The van der Waals surface area contributed by atoms with Crippen LogP contribution in [0.15, 0.2) is 65.0 Å². The third-order valence-electron chi connectivity index (χ3n) is 7.03. The highest BCUT2D eigenvalue weighted by molar-refractivity contribution is 6.31. The quantitative estimate of drug-likeness (QED) is 0.457. The molecule has 0 fully saturated rings. The monoisotopic (exact) mass is 509 g/mol. The fraction of sp³-hybridized carbons (Fsp3) is 0.379. The van der Waals surface area contributed by atoms with Crippen molar-refractivity contribution in [2.45, 2.75) is 58.0 Å². The van der Waals surface area contributed by atoms with Crippen molar-refractivity contribution in [3.63, 3.8) is 0 Å². The smallest absolute Gasteiger partial charge is 0.337 e. The first kappa shape index (κ1) is 25.8. The molecule has 0 unspecified atom stereocenters. The molecule has 4 rings (SSSR count). The summed E-state index contributed by atoms with van der Waals surface area (Å²) in [5, 5.41) is 3.89. The standard InChI is InChI=1S/C29H32ClNO5/c1-6-16(2)36-29(33)26-17(3)31-22-13-19(18-11-12-24(34-4)25(15-18)35-5)14-23(32)28(22)27(26)20-9-7-8-10-21(20)30/h7-12,15-16,19,27,31H,6,13-14H2,1-5H3/t16-,19-,27+/m0/s1. The maximum atomic E-state index is 13.8. The van der Waals surface area contributed by atoms with Gasteiger partial charge in [-0.15, -0.1) is 0 Å². The molecule has 0 bridgehead atoms. The second kappa shape index (κ2) is 10.8. The Labute approximate surface area is 217 Å². The summed E-state index contributed by atoms with van der Waals surface area (Å²) < 4.78 is 16.6. The summed E-state index contributed by atoms with van der Waals surface area (Å²) in [6, 6.07) is 13.1. The van der Waals surface area contributed by atoms with Crippen LogP contribution in [-0.2, 0) is 14.3 Å². The van der Waals surface area contributed by atoms with Gasteiger partial charge in [-0.3, -0.25) is 4.79 Å². The van der Waals surface area contributed by atoms with Crippen LogP contribution in [-0.4, -0.2) is 32.1 Å². The number of benzene rings is 2. The lowest BCUT2D eigenvalue weighted by molar-refractivity contribution is -0.144. The van der Waals surface area contributed by atoms with Crippen molar-refractivity contribution in [1.29, 1.82) is 0 Å². The second-order valence-corrected chi connectivity index (χ2v) is 9.68. The number of halogens is 1. The summed E-state index contributed by atoms with van der Waals surface area (Å²) in [6.07, 6.45) is 1.38. The molecule has 0 aromatic heterocycles. The zero-order valence-electron chi connectivity index (χ0n) is 21.3. The van der Waals surface area contributed by atoms with E-state index < -0.39 is 11.9 Å². The van der Waals surface area contributed by atoms with Gasteiger partial charge in [-0.2, -0.15) is 0 Å². The van der Waals surface area contributed by atoms with E-state index in [1.165, 1.54) is 0 Å². The lowest BCUT2D eigenvalue weighted by Crippen LogP contribution is -2.36. The predicted octanol–water partition coefficient (Wildman–Crippen LogP) is 6.06. The minimum atomic E-state index is -0.592. The number of carbonyl (C=O) groups excluding carboxylic acids is 2. The molecule has 6 nitrogen and oxygen atoms in total. The number of ketones is 1. The molecule has 1 heterocycles. The van der Waals surface area contributed by atoms with Gasteiger partial charge < -0.3 is 19.5 Å². The van der Waals surface area contributed by atoms with E-state index in [2.05, 4.69) is 5.32 Å². The van der Waals surface area contributed by atoms with E-state index in [0.717, 1.165) is 16.8 Å². The first-order valence-corrected chi connectivity index (χ1v) is 12.6. The van der Waals surface area contributed by atoms with Crippen molar-refractivity contribution >= 4 is 23.4 Å². The number of rotatable bonds is 7. The minimum Gasteiger partial charge on any atom is -0.493 e. The predicted molar refractivity (Wildman–Crippen MR) is 139 cm³/mol. The number of dihydropyridines is 1. The molecule has 1 N–H and O–H groups in total. The summed E-state index contributed by atoms with van der Waals surface area (Å²) in [7, 11) is 3.19. The molecule has 0 saturated heterocycles. The van der Waals surface area contributed by atoms with Gasteiger partial charge in [-0.25, -0.2) is 4.79 Å². The Morgan fingerprint density at radius 3 is 2.50 bits per heavy atom. The van der Waals surface area contributed by atoms with Crippen LogP contribution >= 0.6 is 11.6 Å². The summed E-state index contributed by atoms with van der Waals surface area (Å²) in [6.45, 7) is 5.67. The second-order valence-electron chi connectivity index (χ2n) is 9.28. The van der Waals surface area contributed by atoms with Gasteiger partial charge in [0.1, 0.15) is 0 Å². The number of ether oxygens (including phenoxy) is 3. The molecule has 0 spiro atoms. The van der Waals surface area contributed by atoms with E-state index in [4.69, 9.17) is 25.8 Å². The molecule has 3 atom stereocenters. The van der Waals surface area contributed by atoms with Gasteiger partial charge in [0.25, 0.3) is 0 Å². The van der Waals surface area contributed by atoms with Crippen LogP contribution in [0.5, 0.6) is 11.5 Å². The van der Waals surface area contributed by atoms with Gasteiger partial charge in [-0.1, -0.05) is 42.8 Å². The Balaban J connectivity index is 1.77. The lowest BCUT2D eigenvalue weighted by Gasteiger charge is -2.37. The minimum absolute atomic E-state index is 0.0187. The molecule has 2 aromatic rings. The van der Waals surface area contributed by atoms with Crippen molar-refractivity contribution < 1.29 is 23.8 Å². The average molecular weight is 510 g/mol. The summed E-state index contributed by atoms with van der Waals surface area (Å²) in [4.78, 5) is 27.1. The topological polar surface area (TPSA) is 73.9 Å². The van der Waals surface area contributed by atoms with Crippen LogP contribution in [0.25, 0.3) is 0 Å². The highest BCUT2D eigenvalue weighted by Crippen LogP contribution is 2.47. The first-order chi connectivity index (χ1) is 17.3. The lowest BCUT2D eigenvalue weighted by atomic mass is 9.71. The number of hydrogen-bond acceptors (Lipinski definition) is 6. The highest BCUT2D eigenvalue weighted by Gasteiger charge is 2.42. The number of carbonyl (C=O) groups is 2.